The number of aryl methyl sites for hydroxylation is 1. The molecular formula is C21H20BrNO. The Morgan fingerprint density at radius 2 is 1.83 bits per heavy atom. The Balaban J connectivity index is 1.84. The number of halogens is 1. The minimum Gasteiger partial charge on any atom is -0.321 e. The summed E-state index contributed by atoms with van der Waals surface area (Å²) in [6, 6.07) is 19.9. The lowest BCUT2D eigenvalue weighted by atomic mass is 10.0. The van der Waals surface area contributed by atoms with Gasteiger partial charge < -0.3 is 5.32 Å². The molecular weight excluding hydrogens is 362 g/mol. The van der Waals surface area contributed by atoms with Crippen molar-refractivity contribution in [3.05, 3.63) is 76.3 Å². The second-order valence-corrected chi connectivity index (χ2v) is 6.75. The average molecular weight is 382 g/mol. The zero-order valence-corrected chi connectivity index (χ0v) is 15.3. The lowest BCUT2D eigenvalue weighted by Gasteiger charge is -2.11. The third kappa shape index (κ3) is 3.68. The minimum atomic E-state index is -0.0891. The average Bonchev–Trinajstić information content (AvgIpc) is 2.61. The van der Waals surface area contributed by atoms with Crippen LogP contribution in [0.25, 0.3) is 10.8 Å². The van der Waals surface area contributed by atoms with Crippen LogP contribution < -0.4 is 5.32 Å². The van der Waals surface area contributed by atoms with E-state index in [2.05, 4.69) is 40.3 Å². The first-order chi connectivity index (χ1) is 11.7. The Morgan fingerprint density at radius 3 is 2.62 bits per heavy atom. The van der Waals surface area contributed by atoms with Gasteiger partial charge in [-0.25, -0.2) is 0 Å². The summed E-state index contributed by atoms with van der Waals surface area (Å²) < 4.78 is 0.921. The summed E-state index contributed by atoms with van der Waals surface area (Å²) in [7, 11) is 0. The van der Waals surface area contributed by atoms with Crippen molar-refractivity contribution < 1.29 is 4.79 Å². The van der Waals surface area contributed by atoms with Crippen LogP contribution in [0.3, 0.4) is 0 Å². The molecule has 0 saturated heterocycles. The fraction of sp³-hybridized carbons (Fsp3) is 0.190. The number of anilines is 1. The molecule has 0 aliphatic heterocycles. The molecule has 0 bridgehead atoms. The molecule has 0 aliphatic rings. The van der Waals surface area contributed by atoms with Crippen molar-refractivity contribution in [1.29, 1.82) is 0 Å². The smallest absolute Gasteiger partial charge is 0.256 e. The molecule has 1 amide bonds. The molecule has 3 aromatic rings. The number of benzene rings is 3. The van der Waals surface area contributed by atoms with E-state index in [1.165, 1.54) is 18.4 Å². The third-order valence-electron chi connectivity index (χ3n) is 4.13. The largest absolute Gasteiger partial charge is 0.321 e. The Bertz CT molecular complexity index is 867. The van der Waals surface area contributed by atoms with E-state index >= 15 is 0 Å². The molecule has 0 atom stereocenters. The van der Waals surface area contributed by atoms with E-state index in [9.17, 15) is 4.79 Å². The lowest BCUT2D eigenvalue weighted by Crippen LogP contribution is -2.12. The fourth-order valence-electron chi connectivity index (χ4n) is 2.81. The van der Waals surface area contributed by atoms with Crippen molar-refractivity contribution in [2.45, 2.75) is 26.2 Å². The number of hydrogen-bond acceptors (Lipinski definition) is 1. The number of rotatable bonds is 5. The number of fused-ring (bicyclic) bond motifs is 1. The van der Waals surface area contributed by atoms with Crippen molar-refractivity contribution in [3.8, 4) is 0 Å². The first kappa shape index (κ1) is 16.7. The van der Waals surface area contributed by atoms with Gasteiger partial charge in [-0.05, 0) is 63.3 Å². The van der Waals surface area contributed by atoms with Gasteiger partial charge in [0.05, 0.1) is 5.69 Å². The molecule has 2 nitrogen and oxygen atoms in total. The molecule has 3 rings (SSSR count). The molecule has 1 N–H and O–H groups in total. The highest BCUT2D eigenvalue weighted by atomic mass is 79.9. The van der Waals surface area contributed by atoms with Gasteiger partial charge in [0.15, 0.2) is 0 Å². The summed E-state index contributed by atoms with van der Waals surface area (Å²) >= 11 is 3.58. The van der Waals surface area contributed by atoms with Crippen LogP contribution in [0.1, 0.15) is 35.7 Å². The zero-order valence-electron chi connectivity index (χ0n) is 13.7. The molecule has 0 heterocycles. The number of hydrogen-bond donors (Lipinski definition) is 1. The van der Waals surface area contributed by atoms with Crippen molar-refractivity contribution >= 4 is 38.3 Å². The maximum atomic E-state index is 12.7. The highest BCUT2D eigenvalue weighted by Gasteiger charge is 2.11. The van der Waals surface area contributed by atoms with Crippen LogP contribution in [0.5, 0.6) is 0 Å². The summed E-state index contributed by atoms with van der Waals surface area (Å²) in [6.45, 7) is 2.19. The van der Waals surface area contributed by atoms with Crippen LogP contribution in [-0.4, -0.2) is 5.91 Å². The van der Waals surface area contributed by atoms with Gasteiger partial charge in [0.25, 0.3) is 5.91 Å². The summed E-state index contributed by atoms with van der Waals surface area (Å²) in [5.41, 5.74) is 2.77. The molecule has 3 heteroatoms. The molecule has 3 aromatic carbocycles. The van der Waals surface area contributed by atoms with Gasteiger partial charge in [0.2, 0.25) is 0 Å². The number of carbonyl (C=O) groups is 1. The van der Waals surface area contributed by atoms with E-state index in [0.29, 0.717) is 5.56 Å². The van der Waals surface area contributed by atoms with Gasteiger partial charge >= 0.3 is 0 Å². The van der Waals surface area contributed by atoms with Gasteiger partial charge in [-0.2, -0.15) is 0 Å². The van der Waals surface area contributed by atoms with E-state index in [0.717, 1.165) is 27.4 Å². The topological polar surface area (TPSA) is 29.1 Å². The Hall–Kier alpha value is -2.13. The van der Waals surface area contributed by atoms with Crippen molar-refractivity contribution in [2.75, 3.05) is 5.32 Å². The van der Waals surface area contributed by atoms with Gasteiger partial charge in [0.1, 0.15) is 0 Å². The van der Waals surface area contributed by atoms with Gasteiger partial charge in [-0.3, -0.25) is 4.79 Å². The number of carbonyl (C=O) groups excluding carboxylic acids is 1. The van der Waals surface area contributed by atoms with Crippen LogP contribution in [-0.2, 0) is 6.42 Å². The Labute approximate surface area is 151 Å². The first-order valence-electron chi connectivity index (χ1n) is 8.26. The fourth-order valence-corrected chi connectivity index (χ4v) is 3.33. The van der Waals surface area contributed by atoms with Crippen molar-refractivity contribution in [1.82, 2.24) is 0 Å². The zero-order chi connectivity index (χ0) is 16.9. The summed E-state index contributed by atoms with van der Waals surface area (Å²) in [5.74, 6) is -0.0891. The van der Waals surface area contributed by atoms with E-state index in [1.807, 2.05) is 48.5 Å². The maximum Gasteiger partial charge on any atom is 0.256 e. The molecule has 0 unspecified atom stereocenters. The van der Waals surface area contributed by atoms with Crippen LogP contribution in [0.4, 0.5) is 5.69 Å². The normalized spacial score (nSPS) is 10.8. The van der Waals surface area contributed by atoms with Crippen LogP contribution >= 0.6 is 15.9 Å². The van der Waals surface area contributed by atoms with E-state index in [4.69, 9.17) is 0 Å². The van der Waals surface area contributed by atoms with Gasteiger partial charge in [-0.15, -0.1) is 0 Å². The van der Waals surface area contributed by atoms with Gasteiger partial charge in [0, 0.05) is 10.0 Å². The van der Waals surface area contributed by atoms with Crippen LogP contribution in [0, 0.1) is 0 Å². The standard InChI is InChI=1S/C21H20BrNO/c1-2-3-7-15-12-13-20(19(22)14-15)23-21(24)18-11-6-9-16-8-4-5-10-17(16)18/h4-6,8-14H,2-3,7H2,1H3,(H,23,24). The predicted molar refractivity (Wildman–Crippen MR) is 105 cm³/mol. The minimum absolute atomic E-state index is 0.0891. The maximum absolute atomic E-state index is 12.7. The number of nitrogens with one attached hydrogen (secondary N) is 1. The second-order valence-electron chi connectivity index (χ2n) is 5.90. The molecule has 24 heavy (non-hydrogen) atoms. The van der Waals surface area contributed by atoms with Crippen molar-refractivity contribution in [3.63, 3.8) is 0 Å². The summed E-state index contributed by atoms with van der Waals surface area (Å²) in [6.07, 6.45) is 3.41. The van der Waals surface area contributed by atoms with E-state index in [1.54, 1.807) is 0 Å². The molecule has 0 spiro atoms. The molecule has 122 valence electrons. The summed E-state index contributed by atoms with van der Waals surface area (Å²) in [4.78, 5) is 12.7. The number of amides is 1. The Morgan fingerprint density at radius 1 is 1.04 bits per heavy atom. The highest BCUT2D eigenvalue weighted by molar-refractivity contribution is 9.10. The lowest BCUT2D eigenvalue weighted by molar-refractivity contribution is 0.102. The number of unbranched alkanes of at least 4 members (excludes halogenated alkanes) is 1. The highest BCUT2D eigenvalue weighted by Crippen LogP contribution is 2.26. The molecule has 0 aromatic heterocycles. The molecule has 0 aliphatic carbocycles. The monoisotopic (exact) mass is 381 g/mol. The third-order valence-corrected chi connectivity index (χ3v) is 4.79. The predicted octanol–water partition coefficient (Wildman–Crippen LogP) is 6.20. The quantitative estimate of drug-likeness (QED) is 0.560. The van der Waals surface area contributed by atoms with Crippen LogP contribution in [0.2, 0.25) is 0 Å². The van der Waals surface area contributed by atoms with Gasteiger partial charge in [-0.1, -0.05) is 55.8 Å². The van der Waals surface area contributed by atoms with E-state index in [-0.39, 0.29) is 5.91 Å². The molecule has 0 saturated carbocycles. The Kier molecular flexibility index (Phi) is 5.31. The van der Waals surface area contributed by atoms with Crippen molar-refractivity contribution in [2.24, 2.45) is 0 Å². The van der Waals surface area contributed by atoms with Crippen LogP contribution in [0.15, 0.2) is 65.1 Å². The molecule has 0 fully saturated rings. The molecule has 0 radical (unpaired) electrons. The first-order valence-corrected chi connectivity index (χ1v) is 9.06. The summed E-state index contributed by atoms with van der Waals surface area (Å²) in [5, 5.41) is 5.05. The second kappa shape index (κ2) is 7.63. The SMILES string of the molecule is CCCCc1ccc(NC(=O)c2cccc3ccccc23)c(Br)c1. The van der Waals surface area contributed by atoms with E-state index < -0.39 is 0 Å².